The van der Waals surface area contributed by atoms with Crippen LogP contribution in [0, 0.1) is 5.82 Å². The van der Waals surface area contributed by atoms with Gasteiger partial charge in [0.05, 0.1) is 11.9 Å². The summed E-state index contributed by atoms with van der Waals surface area (Å²) >= 11 is 0. The number of carbonyl (C=O) groups excluding carboxylic acids is 2. The van der Waals surface area contributed by atoms with Crippen LogP contribution in [-0.2, 0) is 32.6 Å². The molecule has 0 saturated carbocycles. The number of nitrogens with one attached hydrogen (secondary N) is 1. The van der Waals surface area contributed by atoms with Crippen LogP contribution in [0.2, 0.25) is 0 Å². The highest BCUT2D eigenvalue weighted by Gasteiger charge is 2.34. The minimum absolute atomic E-state index is 0.158. The second-order valence-electron chi connectivity index (χ2n) is 11.6. The second-order valence-corrected chi connectivity index (χ2v) is 13.5. The summed E-state index contributed by atoms with van der Waals surface area (Å²) in [6, 6.07) is 21.2. The first-order valence-electron chi connectivity index (χ1n) is 13.6. The van der Waals surface area contributed by atoms with E-state index in [-0.39, 0.29) is 24.4 Å². The van der Waals surface area contributed by atoms with Gasteiger partial charge in [-0.15, -0.1) is 0 Å². The van der Waals surface area contributed by atoms with Gasteiger partial charge in [-0.3, -0.25) is 13.9 Å². The number of rotatable bonds is 11. The molecule has 41 heavy (non-hydrogen) atoms. The molecule has 0 saturated heterocycles. The number of hydrogen-bond acceptors (Lipinski definition) is 4. The lowest BCUT2D eigenvalue weighted by Crippen LogP contribution is -2.56. The first kappa shape index (κ1) is 31.8. The Morgan fingerprint density at radius 3 is 2.02 bits per heavy atom. The van der Waals surface area contributed by atoms with Gasteiger partial charge in [0, 0.05) is 24.1 Å². The smallest absolute Gasteiger partial charge is 0.244 e. The van der Waals surface area contributed by atoms with E-state index in [1.165, 1.54) is 11.0 Å². The molecule has 3 aromatic carbocycles. The van der Waals surface area contributed by atoms with E-state index >= 15 is 0 Å². The van der Waals surface area contributed by atoms with Gasteiger partial charge in [0.25, 0.3) is 0 Å². The van der Waals surface area contributed by atoms with Crippen LogP contribution in [-0.4, -0.2) is 49.5 Å². The van der Waals surface area contributed by atoms with Gasteiger partial charge in [-0.2, -0.15) is 0 Å². The fraction of sp³-hybridized carbons (Fsp3) is 0.375. The van der Waals surface area contributed by atoms with Gasteiger partial charge in [-0.25, -0.2) is 12.8 Å². The highest BCUT2D eigenvalue weighted by atomic mass is 32.2. The highest BCUT2D eigenvalue weighted by molar-refractivity contribution is 7.92. The highest BCUT2D eigenvalue weighted by Crippen LogP contribution is 2.24. The number of carbonyl (C=O) groups is 2. The molecule has 7 nitrogen and oxygen atoms in total. The lowest BCUT2D eigenvalue weighted by atomic mass is 10.0. The zero-order chi connectivity index (χ0) is 30.4. The molecule has 0 unspecified atom stereocenters. The predicted molar refractivity (Wildman–Crippen MR) is 162 cm³/mol. The Kier molecular flexibility index (Phi) is 10.3. The summed E-state index contributed by atoms with van der Waals surface area (Å²) in [6.45, 7) is 8.79. The van der Waals surface area contributed by atoms with Crippen LogP contribution in [0.3, 0.4) is 0 Å². The van der Waals surface area contributed by atoms with Gasteiger partial charge in [-0.05, 0) is 56.0 Å². The second kappa shape index (κ2) is 13.3. The zero-order valence-corrected chi connectivity index (χ0v) is 25.4. The number of amides is 2. The maximum atomic E-state index is 14.9. The van der Waals surface area contributed by atoms with Crippen molar-refractivity contribution in [2.45, 2.75) is 65.1 Å². The van der Waals surface area contributed by atoms with Crippen molar-refractivity contribution in [2.75, 3.05) is 17.1 Å². The van der Waals surface area contributed by atoms with Crippen LogP contribution in [0.4, 0.5) is 10.1 Å². The molecule has 0 heterocycles. The van der Waals surface area contributed by atoms with Gasteiger partial charge in [0.15, 0.2) is 0 Å². The van der Waals surface area contributed by atoms with Crippen molar-refractivity contribution < 1.29 is 22.4 Å². The molecule has 0 aliphatic heterocycles. The van der Waals surface area contributed by atoms with E-state index in [1.807, 2.05) is 77.1 Å². The van der Waals surface area contributed by atoms with Gasteiger partial charge in [0.2, 0.25) is 21.8 Å². The van der Waals surface area contributed by atoms with Crippen molar-refractivity contribution in [1.82, 2.24) is 10.2 Å². The van der Waals surface area contributed by atoms with E-state index in [1.54, 1.807) is 30.3 Å². The number of benzene rings is 3. The van der Waals surface area contributed by atoms with Crippen LogP contribution in [0.15, 0.2) is 78.9 Å². The molecular weight excluding hydrogens is 541 g/mol. The summed E-state index contributed by atoms with van der Waals surface area (Å²) in [5.41, 5.74) is 1.77. The Morgan fingerprint density at radius 2 is 1.49 bits per heavy atom. The molecule has 3 aromatic rings. The van der Waals surface area contributed by atoms with Crippen LogP contribution in [0.1, 0.15) is 57.2 Å². The first-order valence-corrected chi connectivity index (χ1v) is 15.5. The predicted octanol–water partition coefficient (Wildman–Crippen LogP) is 5.27. The largest absolute Gasteiger partial charge is 0.350 e. The number of anilines is 1. The quantitative estimate of drug-likeness (QED) is 0.334. The summed E-state index contributed by atoms with van der Waals surface area (Å²) in [6.07, 6.45) is 1.19. The molecule has 0 aliphatic rings. The fourth-order valence-electron chi connectivity index (χ4n) is 4.46. The molecule has 220 valence electrons. The number of nitrogens with zero attached hydrogens (tertiary/aromatic N) is 2. The van der Waals surface area contributed by atoms with E-state index < -0.39 is 45.8 Å². The molecule has 0 bridgehead atoms. The third-order valence-electron chi connectivity index (χ3n) is 6.59. The third-order valence-corrected chi connectivity index (χ3v) is 7.74. The average Bonchev–Trinajstić information content (AvgIpc) is 2.89. The van der Waals surface area contributed by atoms with Gasteiger partial charge in [0.1, 0.15) is 18.4 Å². The van der Waals surface area contributed by atoms with Gasteiger partial charge >= 0.3 is 0 Å². The van der Waals surface area contributed by atoms with Gasteiger partial charge < -0.3 is 10.2 Å². The van der Waals surface area contributed by atoms with Crippen LogP contribution in [0.25, 0.3) is 0 Å². The van der Waals surface area contributed by atoms with Gasteiger partial charge in [-0.1, -0.05) is 74.5 Å². The first-order chi connectivity index (χ1) is 19.2. The third kappa shape index (κ3) is 9.14. The Morgan fingerprint density at radius 1 is 0.902 bits per heavy atom. The Balaban J connectivity index is 2.07. The minimum Gasteiger partial charge on any atom is -0.350 e. The number of sulfonamides is 1. The lowest BCUT2D eigenvalue weighted by Gasteiger charge is -2.35. The topological polar surface area (TPSA) is 86.8 Å². The van der Waals surface area contributed by atoms with E-state index in [0.717, 1.165) is 21.7 Å². The summed E-state index contributed by atoms with van der Waals surface area (Å²) in [4.78, 5) is 29.1. The van der Waals surface area contributed by atoms with E-state index in [9.17, 15) is 22.4 Å². The SMILES string of the molecule is CC(C)c1ccc(N(CC(=O)N(Cc2ccccc2F)[C@@H](Cc2ccccc2)C(=O)NC(C)(C)C)S(C)(=O)=O)cc1. The van der Waals surface area contributed by atoms with Crippen molar-refractivity contribution in [3.05, 3.63) is 101 Å². The summed E-state index contributed by atoms with van der Waals surface area (Å²) in [7, 11) is -3.88. The van der Waals surface area contributed by atoms with Crippen LogP contribution in [0.5, 0.6) is 0 Å². The van der Waals surface area contributed by atoms with Crippen molar-refractivity contribution in [2.24, 2.45) is 0 Å². The van der Waals surface area contributed by atoms with E-state index in [4.69, 9.17) is 0 Å². The molecule has 0 aliphatic carbocycles. The summed E-state index contributed by atoms with van der Waals surface area (Å²) in [5, 5.41) is 2.95. The number of halogens is 1. The summed E-state index contributed by atoms with van der Waals surface area (Å²) in [5.74, 6) is -1.33. The van der Waals surface area contributed by atoms with Crippen LogP contribution < -0.4 is 9.62 Å². The van der Waals surface area contributed by atoms with Crippen LogP contribution >= 0.6 is 0 Å². The Hall–Kier alpha value is -3.72. The number of hydrogen-bond donors (Lipinski definition) is 1. The van der Waals surface area contributed by atoms with Crippen molar-refractivity contribution >= 4 is 27.5 Å². The molecule has 9 heteroatoms. The molecular formula is C32H40FN3O4S. The monoisotopic (exact) mass is 581 g/mol. The Bertz CT molecular complexity index is 1440. The molecule has 1 atom stereocenters. The minimum atomic E-state index is -3.88. The molecule has 0 fully saturated rings. The fourth-order valence-corrected chi connectivity index (χ4v) is 5.31. The average molecular weight is 582 g/mol. The summed E-state index contributed by atoms with van der Waals surface area (Å²) < 4.78 is 41.7. The van der Waals surface area contributed by atoms with Crippen molar-refractivity contribution in [3.63, 3.8) is 0 Å². The Labute approximate surface area is 243 Å². The molecule has 2 amide bonds. The zero-order valence-electron chi connectivity index (χ0n) is 24.6. The maximum absolute atomic E-state index is 14.9. The molecule has 3 rings (SSSR count). The van der Waals surface area contributed by atoms with Crippen molar-refractivity contribution in [1.29, 1.82) is 0 Å². The molecule has 0 radical (unpaired) electrons. The molecule has 0 aromatic heterocycles. The normalized spacial score (nSPS) is 12.6. The standard InChI is InChI=1S/C32H40FN3O4S/c1-23(2)25-16-18-27(19-17-25)36(41(6,39)40)22-30(37)35(21-26-14-10-11-15-28(26)33)29(31(38)34-32(3,4)5)20-24-12-8-7-9-13-24/h7-19,23,29H,20-22H2,1-6H3,(H,34,38)/t29-/m0/s1. The van der Waals surface area contributed by atoms with E-state index in [0.29, 0.717) is 5.69 Å². The maximum Gasteiger partial charge on any atom is 0.244 e. The van der Waals surface area contributed by atoms with E-state index in [2.05, 4.69) is 5.32 Å². The van der Waals surface area contributed by atoms with Crippen molar-refractivity contribution in [3.8, 4) is 0 Å². The lowest BCUT2D eigenvalue weighted by molar-refractivity contribution is -0.140. The molecule has 0 spiro atoms. The molecule has 1 N–H and O–H groups in total.